The zero-order valence-electron chi connectivity index (χ0n) is 44.5. The van der Waals surface area contributed by atoms with Crippen LogP contribution in [0.3, 0.4) is 0 Å². The van der Waals surface area contributed by atoms with Crippen LogP contribution in [0.25, 0.3) is 71.0 Å². The lowest BCUT2D eigenvalue weighted by Crippen LogP contribution is -2.36. The van der Waals surface area contributed by atoms with Crippen LogP contribution >= 0.6 is 0 Å². The molecule has 0 N–H and O–H groups in total. The minimum Gasteiger partial charge on any atom is -0.456 e. The number of hydrogen-bond acceptors (Lipinski definition) is 5. The number of nitrogens with zero attached hydrogens (tertiary/aromatic N) is 4. The molecule has 80 heavy (non-hydrogen) atoms. The number of hydrogen-bond donors (Lipinski definition) is 0. The molecule has 10 aromatic carbocycles. The first-order chi connectivity index (χ1) is 39.2. The lowest BCUT2D eigenvalue weighted by Gasteiger charge is -2.48. The van der Waals surface area contributed by atoms with Crippen molar-refractivity contribution >= 4 is 83.8 Å². The van der Waals surface area contributed by atoms with Gasteiger partial charge in [0.1, 0.15) is 28.0 Å². The van der Waals surface area contributed by atoms with Gasteiger partial charge >= 0.3 is 0 Å². The topological polar surface area (TPSA) is 50.0 Å². The Morgan fingerprint density at radius 3 is 1.30 bits per heavy atom. The highest BCUT2D eigenvalue weighted by atomic mass is 16.3. The summed E-state index contributed by atoms with van der Waals surface area (Å²) >= 11 is 0. The van der Waals surface area contributed by atoms with Gasteiger partial charge in [-0.1, -0.05) is 192 Å². The van der Waals surface area contributed by atoms with E-state index in [1.807, 2.05) is 6.07 Å². The van der Waals surface area contributed by atoms with Crippen molar-refractivity contribution in [2.24, 2.45) is 0 Å². The van der Waals surface area contributed by atoms with Crippen molar-refractivity contribution < 1.29 is 8.83 Å². The Hall–Kier alpha value is -9.96. The highest BCUT2D eigenvalue weighted by Gasteiger charge is 2.52. The molecule has 0 amide bonds. The van der Waals surface area contributed by atoms with Crippen LogP contribution in [-0.2, 0) is 10.8 Å². The zero-order valence-corrected chi connectivity index (χ0v) is 44.5. The molecular formula is C74H50N4O2. The lowest BCUT2D eigenvalue weighted by molar-refractivity contribution is 0.600. The maximum absolute atomic E-state index is 9.58. The third-order valence-corrected chi connectivity index (χ3v) is 18.4. The number of para-hydroxylation sites is 2. The number of furan rings is 2. The average Bonchev–Trinajstić information content (AvgIpc) is 4.16. The first-order valence-electron chi connectivity index (χ1n) is 27.7. The number of benzene rings is 10. The monoisotopic (exact) mass is 1030 g/mol. The molecule has 6 nitrogen and oxygen atoms in total. The summed E-state index contributed by atoms with van der Waals surface area (Å²) in [6.07, 6.45) is 0. The Kier molecular flexibility index (Phi) is 9.06. The fourth-order valence-electron chi connectivity index (χ4n) is 14.8. The van der Waals surface area contributed by atoms with Crippen LogP contribution in [0.1, 0.15) is 95.3 Å². The van der Waals surface area contributed by atoms with Gasteiger partial charge in [-0.15, -0.1) is 4.98 Å². The van der Waals surface area contributed by atoms with Gasteiger partial charge in [0.15, 0.2) is 0 Å². The first-order valence-corrected chi connectivity index (χ1v) is 27.7. The summed E-state index contributed by atoms with van der Waals surface area (Å²) in [6, 6.07) is 78.9. The standard InChI is InChI=1S/C74H50N4O2/c1-73(2)54-40-44(42-20-8-6-9-21-42)32-36-56(54)77(58-38-34-52-46-24-16-18-30-60(46)79-70(52)65(58)73)68-64-62-48-26-12-14-28-50(48)63(51-29-15-13-27-49(51)62)67(64)76-72(75-5)69(68)78-57-37-33-45(43-22-10-7-11-23-43)41-55(57)74(3,4)66-59(78)39-35-53-47-25-17-19-31-61(47)80-71(53)66/h6-41,62-63H,1-4H3. The molecule has 0 saturated carbocycles. The third-order valence-electron chi connectivity index (χ3n) is 18.4. The van der Waals surface area contributed by atoms with Gasteiger partial charge in [0, 0.05) is 60.7 Å². The lowest BCUT2D eigenvalue weighted by atomic mass is 9.62. The summed E-state index contributed by atoms with van der Waals surface area (Å²) < 4.78 is 14.3. The normalized spacial score (nSPS) is 16.6. The van der Waals surface area contributed by atoms with E-state index in [0.717, 1.165) is 134 Å². The molecule has 0 spiro atoms. The van der Waals surface area contributed by atoms with Crippen LogP contribution in [-0.4, -0.2) is 4.98 Å². The number of fused-ring (bicyclic) bond motifs is 12. The fourth-order valence-corrected chi connectivity index (χ4v) is 14.8. The van der Waals surface area contributed by atoms with Gasteiger partial charge in [0.2, 0.25) is 0 Å². The molecule has 13 aromatic rings. The molecule has 5 heterocycles. The number of rotatable bonds is 4. The molecule has 6 heteroatoms. The van der Waals surface area contributed by atoms with Crippen molar-refractivity contribution in [1.82, 2.24) is 4.98 Å². The Morgan fingerprint density at radius 1 is 0.412 bits per heavy atom. The Morgan fingerprint density at radius 2 is 0.825 bits per heavy atom. The van der Waals surface area contributed by atoms with E-state index >= 15 is 0 Å². The largest absolute Gasteiger partial charge is 0.456 e. The van der Waals surface area contributed by atoms with Crippen LogP contribution in [0, 0.1) is 6.57 Å². The second kappa shape index (κ2) is 16.1. The molecule has 378 valence electrons. The molecular weight excluding hydrogens is 977 g/mol. The maximum atomic E-state index is 9.58. The van der Waals surface area contributed by atoms with Gasteiger partial charge in [-0.25, -0.2) is 0 Å². The Bertz CT molecular complexity index is 4830. The molecule has 0 radical (unpaired) electrons. The SMILES string of the molecule is [C-]#[N+]c1nc2c(c(N3c4ccc(-c5ccccc5)cc4C(C)(C)c4c3ccc3c4oc4ccccc43)c1N1c3ccc(-c4ccccc4)cc3C(C)(C)c3c1ccc1c3oc3ccccc31)C1c3ccccc3C2c2ccccc21. The number of anilines is 6. The summed E-state index contributed by atoms with van der Waals surface area (Å²) in [4.78, 5) is 15.4. The first kappa shape index (κ1) is 45.1. The van der Waals surface area contributed by atoms with E-state index in [0.29, 0.717) is 5.82 Å². The molecule has 3 aromatic heterocycles. The molecule has 5 aliphatic rings. The molecule has 18 rings (SSSR count). The molecule has 0 fully saturated rings. The molecule has 0 unspecified atom stereocenters. The van der Waals surface area contributed by atoms with Crippen LogP contribution in [0.4, 0.5) is 39.9 Å². The smallest absolute Gasteiger partial charge is 0.296 e. The Balaban J connectivity index is 1.06. The quantitative estimate of drug-likeness (QED) is 0.164. The molecule has 3 aliphatic carbocycles. The van der Waals surface area contributed by atoms with Crippen molar-refractivity contribution in [3.63, 3.8) is 0 Å². The van der Waals surface area contributed by atoms with E-state index in [1.54, 1.807) is 0 Å². The molecule has 0 saturated heterocycles. The number of aromatic nitrogens is 1. The van der Waals surface area contributed by atoms with Crippen molar-refractivity contribution in [3.05, 3.63) is 286 Å². The molecule has 2 aliphatic heterocycles. The van der Waals surface area contributed by atoms with Gasteiger partial charge in [-0.2, -0.15) is 0 Å². The van der Waals surface area contributed by atoms with Gasteiger partial charge in [0.05, 0.1) is 34.4 Å². The van der Waals surface area contributed by atoms with E-state index < -0.39 is 10.8 Å². The fraction of sp³-hybridized carbons (Fsp3) is 0.108. The van der Waals surface area contributed by atoms with Crippen LogP contribution < -0.4 is 9.80 Å². The third kappa shape index (κ3) is 5.88. The predicted molar refractivity (Wildman–Crippen MR) is 324 cm³/mol. The molecule has 0 atom stereocenters. The Labute approximate surface area is 463 Å². The van der Waals surface area contributed by atoms with Crippen molar-refractivity contribution in [2.45, 2.75) is 50.4 Å². The van der Waals surface area contributed by atoms with E-state index in [2.05, 4.69) is 255 Å². The minimum absolute atomic E-state index is 0.211. The summed E-state index contributed by atoms with van der Waals surface area (Å²) in [7, 11) is 0. The predicted octanol–water partition coefficient (Wildman–Crippen LogP) is 20.0. The zero-order chi connectivity index (χ0) is 53.3. The molecule has 2 bridgehead atoms. The second-order valence-electron chi connectivity index (χ2n) is 23.2. The van der Waals surface area contributed by atoms with Gasteiger partial charge in [-0.05, 0) is 116 Å². The summed E-state index contributed by atoms with van der Waals surface area (Å²) in [6.45, 7) is 19.0. The van der Waals surface area contributed by atoms with Gasteiger partial charge < -0.3 is 23.5 Å². The van der Waals surface area contributed by atoms with Crippen molar-refractivity contribution in [3.8, 4) is 22.3 Å². The second-order valence-corrected chi connectivity index (χ2v) is 23.2. The van der Waals surface area contributed by atoms with Crippen LogP contribution in [0.2, 0.25) is 0 Å². The summed E-state index contributed by atoms with van der Waals surface area (Å²) in [5, 5.41) is 4.27. The summed E-state index contributed by atoms with van der Waals surface area (Å²) in [5.74, 6) is -0.103. The van der Waals surface area contributed by atoms with E-state index in [-0.39, 0.29) is 11.8 Å². The van der Waals surface area contributed by atoms with Gasteiger partial charge in [-0.3, -0.25) is 0 Å². The highest BCUT2D eigenvalue weighted by molar-refractivity contribution is 6.13. The van der Waals surface area contributed by atoms with Crippen LogP contribution in [0.15, 0.2) is 227 Å². The highest BCUT2D eigenvalue weighted by Crippen LogP contribution is 2.67. The minimum atomic E-state index is -0.578. The van der Waals surface area contributed by atoms with Gasteiger partial charge in [0.25, 0.3) is 5.82 Å². The van der Waals surface area contributed by atoms with E-state index in [1.165, 1.54) is 22.3 Å². The van der Waals surface area contributed by atoms with Crippen LogP contribution in [0.5, 0.6) is 0 Å². The summed E-state index contributed by atoms with van der Waals surface area (Å²) in [5.41, 5.74) is 23.8. The maximum Gasteiger partial charge on any atom is 0.296 e. The van der Waals surface area contributed by atoms with Crippen molar-refractivity contribution in [2.75, 3.05) is 9.80 Å². The van der Waals surface area contributed by atoms with E-state index in [9.17, 15) is 6.57 Å². The van der Waals surface area contributed by atoms with Crippen molar-refractivity contribution in [1.29, 1.82) is 0 Å². The number of pyridine rings is 1. The average molecular weight is 1030 g/mol. The van der Waals surface area contributed by atoms with E-state index in [4.69, 9.17) is 13.8 Å².